The highest BCUT2D eigenvalue weighted by molar-refractivity contribution is 7.86. The fourth-order valence-corrected chi connectivity index (χ4v) is 6.64. The summed E-state index contributed by atoms with van der Waals surface area (Å²) in [6, 6.07) is 18.4. The summed E-state index contributed by atoms with van der Waals surface area (Å²) in [4.78, 5) is 1.76. The van der Waals surface area contributed by atoms with Crippen LogP contribution < -0.4 is 10.2 Å². The molecule has 238 valence electrons. The van der Waals surface area contributed by atoms with Gasteiger partial charge in [0.2, 0.25) is 0 Å². The highest BCUT2D eigenvalue weighted by Crippen LogP contribution is 2.36. The van der Waals surface area contributed by atoms with Crippen LogP contribution in [0.4, 0.5) is 11.4 Å². The second kappa shape index (κ2) is 14.4. The Kier molecular flexibility index (Phi) is 10.8. The first-order valence-electron chi connectivity index (χ1n) is 14.9. The molecule has 0 heterocycles. The molecule has 0 fully saturated rings. The summed E-state index contributed by atoms with van der Waals surface area (Å²) in [5.41, 5.74) is 5.68. The zero-order valence-electron chi connectivity index (χ0n) is 25.9. The van der Waals surface area contributed by atoms with E-state index in [-0.39, 0.29) is 16.3 Å². The molecule has 11 heteroatoms. The van der Waals surface area contributed by atoms with E-state index in [2.05, 4.69) is 42.5 Å². The van der Waals surface area contributed by atoms with Gasteiger partial charge in [0.15, 0.2) is 5.71 Å². The van der Waals surface area contributed by atoms with Crippen LogP contribution in [-0.2, 0) is 26.8 Å². The van der Waals surface area contributed by atoms with Gasteiger partial charge < -0.3 is 10.2 Å². The van der Waals surface area contributed by atoms with Crippen LogP contribution in [0, 0.1) is 0 Å². The number of benzene rings is 3. The van der Waals surface area contributed by atoms with Gasteiger partial charge in [0.1, 0.15) is 18.0 Å². The Hall–Kier alpha value is -4.03. The zero-order valence-corrected chi connectivity index (χ0v) is 27.6. The van der Waals surface area contributed by atoms with E-state index in [0.29, 0.717) is 22.4 Å². The third-order valence-electron chi connectivity index (χ3n) is 7.79. The van der Waals surface area contributed by atoms with Gasteiger partial charge in [-0.3, -0.25) is 9.11 Å². The minimum atomic E-state index is -4.62. The molecule has 0 spiro atoms. The monoisotopic (exact) mass is 650 g/mol. The summed E-state index contributed by atoms with van der Waals surface area (Å²) in [6.07, 6.45) is 7.92. The largest absolute Gasteiger partial charge is 0.381 e. The van der Waals surface area contributed by atoms with Crippen molar-refractivity contribution in [3.05, 3.63) is 113 Å². The standard InChI is InChI=1S/C34H39N3O6S2/c1-5-36(6-2)29-17-12-26(13-18-29)34(27-14-19-30(20-15-27)37(7-3)8-4)32-23-28(16-21-33(32)45(41,42)43)35-24-25-10-9-11-31(22-25)44(38,39)40/h9-23,35H,5-8,24H2,1-4H3,(H-,38,39,40,41,42,43)/p+1. The van der Waals surface area contributed by atoms with Crippen molar-refractivity contribution < 1.29 is 30.5 Å². The van der Waals surface area contributed by atoms with Gasteiger partial charge in [0.25, 0.3) is 20.2 Å². The maximum Gasteiger partial charge on any atom is 0.295 e. The second-order valence-corrected chi connectivity index (χ2v) is 13.3. The number of nitrogens with zero attached hydrogens (tertiary/aromatic N) is 2. The molecule has 1 aliphatic rings. The van der Waals surface area contributed by atoms with Crippen molar-refractivity contribution in [3.63, 3.8) is 0 Å². The lowest BCUT2D eigenvalue weighted by Crippen LogP contribution is -2.21. The number of allylic oxidation sites excluding steroid dienone is 5. The number of anilines is 2. The Morgan fingerprint density at radius 1 is 0.778 bits per heavy atom. The number of hydrogen-bond acceptors (Lipinski definition) is 6. The molecule has 0 amide bonds. The molecule has 3 N–H and O–H groups in total. The van der Waals surface area contributed by atoms with Crippen molar-refractivity contribution in [1.29, 1.82) is 0 Å². The summed E-state index contributed by atoms with van der Waals surface area (Å²) in [5.74, 6) is 0. The van der Waals surface area contributed by atoms with Gasteiger partial charge in [-0.1, -0.05) is 24.3 Å². The van der Waals surface area contributed by atoms with Gasteiger partial charge in [-0.05, 0) is 105 Å². The van der Waals surface area contributed by atoms with Gasteiger partial charge >= 0.3 is 0 Å². The normalized spacial score (nSPS) is 13.2. The quantitative estimate of drug-likeness (QED) is 0.160. The first kappa shape index (κ1) is 33.9. The number of nitrogens with one attached hydrogen (secondary N) is 1. The Labute approximate surface area is 266 Å². The van der Waals surface area contributed by atoms with Crippen molar-refractivity contribution in [2.75, 3.05) is 36.4 Å². The highest BCUT2D eigenvalue weighted by Gasteiger charge is 2.23. The zero-order chi connectivity index (χ0) is 32.8. The lowest BCUT2D eigenvalue weighted by molar-refractivity contribution is -0.519. The van der Waals surface area contributed by atoms with Crippen molar-refractivity contribution in [2.45, 2.75) is 44.0 Å². The summed E-state index contributed by atoms with van der Waals surface area (Å²) in [7, 11) is -8.98. The molecule has 1 aliphatic carbocycles. The van der Waals surface area contributed by atoms with Crippen LogP contribution in [0.15, 0.2) is 106 Å². The topological polar surface area (TPSA) is 127 Å². The Balaban J connectivity index is 1.87. The van der Waals surface area contributed by atoms with Gasteiger partial charge in [-0.2, -0.15) is 16.8 Å². The molecule has 3 aromatic carbocycles. The lowest BCUT2D eigenvalue weighted by Gasteiger charge is -2.22. The van der Waals surface area contributed by atoms with Crippen LogP contribution in [0.25, 0.3) is 5.57 Å². The molecule has 0 atom stereocenters. The minimum absolute atomic E-state index is 0.195. The predicted molar refractivity (Wildman–Crippen MR) is 180 cm³/mol. The van der Waals surface area contributed by atoms with E-state index >= 15 is 0 Å². The van der Waals surface area contributed by atoms with E-state index in [9.17, 15) is 25.9 Å². The third kappa shape index (κ3) is 8.17. The smallest absolute Gasteiger partial charge is 0.295 e. The molecule has 0 saturated carbocycles. The fourth-order valence-electron chi connectivity index (χ4n) is 5.41. The Bertz CT molecular complexity index is 1860. The van der Waals surface area contributed by atoms with E-state index in [4.69, 9.17) is 0 Å². The second-order valence-electron chi connectivity index (χ2n) is 10.5. The first-order chi connectivity index (χ1) is 21.4. The van der Waals surface area contributed by atoms with Crippen LogP contribution in [0.2, 0.25) is 0 Å². The summed E-state index contributed by atoms with van der Waals surface area (Å²) < 4.78 is 70.6. The molecule has 0 unspecified atom stereocenters. The molecule has 0 saturated heterocycles. The van der Waals surface area contributed by atoms with Crippen LogP contribution in [0.5, 0.6) is 0 Å². The van der Waals surface area contributed by atoms with Gasteiger partial charge in [0, 0.05) is 48.7 Å². The lowest BCUT2D eigenvalue weighted by atomic mass is 9.90. The molecule has 4 rings (SSSR count). The fraction of sp³-hybridized carbons (Fsp3) is 0.265. The van der Waals surface area contributed by atoms with Gasteiger partial charge in [-0.15, -0.1) is 0 Å². The minimum Gasteiger partial charge on any atom is -0.381 e. The van der Waals surface area contributed by atoms with E-state index in [1.54, 1.807) is 18.2 Å². The summed E-state index contributed by atoms with van der Waals surface area (Å²) in [6.45, 7) is 11.9. The Morgan fingerprint density at radius 3 is 1.98 bits per heavy atom. The number of rotatable bonds is 12. The van der Waals surface area contributed by atoms with E-state index in [1.165, 1.54) is 24.3 Å². The summed E-state index contributed by atoms with van der Waals surface area (Å²) >= 11 is 0. The van der Waals surface area contributed by atoms with E-state index in [0.717, 1.165) is 48.7 Å². The van der Waals surface area contributed by atoms with Crippen LogP contribution in [0.1, 0.15) is 44.4 Å². The van der Waals surface area contributed by atoms with E-state index < -0.39 is 20.2 Å². The summed E-state index contributed by atoms with van der Waals surface area (Å²) in [5, 5.41) is 3.22. The molecule has 9 nitrogen and oxygen atoms in total. The SMILES string of the molecule is CCN(CC)c1ccc(C(=C2C=CC(=[N+](CC)CC)C=C2)c2cc(NCc3cccc(S(=O)(=O)O)c3)ccc2S(=O)(=O)O)cc1. The average Bonchev–Trinajstić information content (AvgIpc) is 3.02. The van der Waals surface area contributed by atoms with Crippen molar-refractivity contribution in [1.82, 2.24) is 0 Å². The third-order valence-corrected chi connectivity index (χ3v) is 9.55. The van der Waals surface area contributed by atoms with Crippen LogP contribution in [-0.4, -0.2) is 62.4 Å². The van der Waals surface area contributed by atoms with Gasteiger partial charge in [-0.25, -0.2) is 4.58 Å². The van der Waals surface area contributed by atoms with Crippen molar-refractivity contribution >= 4 is 42.9 Å². The maximum atomic E-state index is 12.7. The molecular formula is C34H40N3O6S2+. The molecule has 0 bridgehead atoms. The van der Waals surface area contributed by atoms with Gasteiger partial charge in [0.05, 0.1) is 4.90 Å². The molecule has 45 heavy (non-hydrogen) atoms. The van der Waals surface area contributed by atoms with E-state index in [1.807, 2.05) is 48.6 Å². The van der Waals surface area contributed by atoms with Crippen molar-refractivity contribution in [2.24, 2.45) is 0 Å². The molecule has 0 aliphatic heterocycles. The highest BCUT2D eigenvalue weighted by atomic mass is 32.2. The van der Waals surface area contributed by atoms with Crippen LogP contribution >= 0.6 is 0 Å². The van der Waals surface area contributed by atoms with Crippen molar-refractivity contribution in [3.8, 4) is 0 Å². The first-order valence-corrected chi connectivity index (χ1v) is 17.8. The Morgan fingerprint density at radius 2 is 1.42 bits per heavy atom. The molecular weight excluding hydrogens is 611 g/mol. The number of hydrogen-bond donors (Lipinski definition) is 3. The van der Waals surface area contributed by atoms with Crippen LogP contribution in [0.3, 0.4) is 0 Å². The molecule has 3 aromatic rings. The maximum absolute atomic E-state index is 12.7. The molecule has 0 aromatic heterocycles. The average molecular weight is 651 g/mol. The predicted octanol–water partition coefficient (Wildman–Crippen LogP) is 6.06. The molecule has 0 radical (unpaired) electrons.